The average molecular weight is 528 g/mol. The van der Waals surface area contributed by atoms with Crippen LogP contribution in [0.15, 0.2) is 48.0 Å². The van der Waals surface area contributed by atoms with Crippen LogP contribution < -0.4 is 15.6 Å². The number of hydrogen-bond acceptors (Lipinski definition) is 7. The third-order valence-corrected chi connectivity index (χ3v) is 6.85. The summed E-state index contributed by atoms with van der Waals surface area (Å²) >= 11 is 7.19. The molecule has 1 saturated heterocycles. The van der Waals surface area contributed by atoms with Crippen LogP contribution in [0.2, 0.25) is 5.15 Å². The highest BCUT2D eigenvalue weighted by Crippen LogP contribution is 2.31. The van der Waals surface area contributed by atoms with Crippen LogP contribution in [-0.4, -0.2) is 51.8 Å². The van der Waals surface area contributed by atoms with E-state index in [4.69, 9.17) is 16.3 Å². The van der Waals surface area contributed by atoms with E-state index in [1.807, 2.05) is 30.9 Å². The molecular weight excluding hydrogens is 502 g/mol. The number of rotatable bonds is 6. The van der Waals surface area contributed by atoms with Gasteiger partial charge in [0.05, 0.1) is 11.1 Å². The largest absolute Gasteiger partial charge is 0.491 e. The van der Waals surface area contributed by atoms with Crippen molar-refractivity contribution in [2.45, 2.75) is 38.7 Å². The number of aromatic nitrogens is 2. The van der Waals surface area contributed by atoms with E-state index in [9.17, 15) is 14.4 Å². The minimum absolute atomic E-state index is 0.00465. The van der Waals surface area contributed by atoms with Gasteiger partial charge < -0.3 is 9.64 Å². The van der Waals surface area contributed by atoms with E-state index in [0.29, 0.717) is 18.7 Å². The number of hydrazine groups is 1. The second kappa shape index (κ2) is 11.5. The zero-order valence-corrected chi connectivity index (χ0v) is 21.4. The van der Waals surface area contributed by atoms with Crippen molar-refractivity contribution in [3.8, 4) is 5.75 Å². The summed E-state index contributed by atoms with van der Waals surface area (Å²) in [6.07, 6.45) is 3.00. The van der Waals surface area contributed by atoms with Crippen molar-refractivity contribution in [2.24, 2.45) is 0 Å². The highest BCUT2D eigenvalue weighted by molar-refractivity contribution is 7.09. The van der Waals surface area contributed by atoms with Gasteiger partial charge in [-0.15, -0.1) is 11.3 Å². The van der Waals surface area contributed by atoms with E-state index >= 15 is 0 Å². The summed E-state index contributed by atoms with van der Waals surface area (Å²) < 4.78 is 5.64. The molecule has 1 aliphatic rings. The molecule has 0 spiro atoms. The fourth-order valence-electron chi connectivity index (χ4n) is 3.83. The third-order valence-electron chi connectivity index (χ3n) is 5.64. The molecule has 3 aromatic rings. The number of benzene rings is 1. The van der Waals surface area contributed by atoms with Crippen molar-refractivity contribution >= 4 is 40.7 Å². The second-order valence-corrected chi connectivity index (χ2v) is 9.88. The summed E-state index contributed by atoms with van der Waals surface area (Å²) in [5.74, 6) is -0.123. The maximum absolute atomic E-state index is 12.9. The van der Waals surface area contributed by atoms with Crippen LogP contribution in [0.3, 0.4) is 0 Å². The number of hydrogen-bond donors (Lipinski definition) is 2. The molecule has 0 radical (unpaired) electrons. The molecule has 0 unspecified atom stereocenters. The first kappa shape index (κ1) is 25.6. The van der Waals surface area contributed by atoms with Crippen LogP contribution >= 0.6 is 22.9 Å². The summed E-state index contributed by atoms with van der Waals surface area (Å²) in [6.45, 7) is 5.14. The molecule has 0 aliphatic carbocycles. The van der Waals surface area contributed by atoms with E-state index in [-0.39, 0.29) is 34.3 Å². The number of ether oxygens (including phenoxy) is 1. The van der Waals surface area contributed by atoms with Crippen molar-refractivity contribution in [3.63, 3.8) is 0 Å². The van der Waals surface area contributed by atoms with Gasteiger partial charge in [-0.1, -0.05) is 11.6 Å². The molecule has 3 heterocycles. The van der Waals surface area contributed by atoms with Crippen molar-refractivity contribution in [1.82, 2.24) is 25.7 Å². The lowest BCUT2D eigenvalue weighted by Gasteiger charge is -2.31. The summed E-state index contributed by atoms with van der Waals surface area (Å²) in [5, 5.41) is 2.69. The second-order valence-electron chi connectivity index (χ2n) is 8.60. The number of thiazole rings is 1. The quantitative estimate of drug-likeness (QED) is 0.369. The van der Waals surface area contributed by atoms with Gasteiger partial charge >= 0.3 is 0 Å². The van der Waals surface area contributed by atoms with Gasteiger partial charge in [0.2, 0.25) is 0 Å². The van der Waals surface area contributed by atoms with Crippen molar-refractivity contribution in [3.05, 3.63) is 75.0 Å². The third kappa shape index (κ3) is 6.38. The molecule has 3 amide bonds. The van der Waals surface area contributed by atoms with Gasteiger partial charge in [-0.3, -0.25) is 25.2 Å². The molecule has 0 saturated carbocycles. The summed E-state index contributed by atoms with van der Waals surface area (Å²) in [5.41, 5.74) is 5.85. The highest BCUT2D eigenvalue weighted by atomic mass is 35.5. The zero-order valence-electron chi connectivity index (χ0n) is 19.9. The molecule has 36 heavy (non-hydrogen) atoms. The van der Waals surface area contributed by atoms with Gasteiger partial charge in [-0.05, 0) is 63.1 Å². The predicted octanol–water partition coefficient (Wildman–Crippen LogP) is 4.07. The van der Waals surface area contributed by atoms with Gasteiger partial charge in [0, 0.05) is 41.7 Å². The Morgan fingerprint density at radius 1 is 1.06 bits per heavy atom. The Balaban J connectivity index is 1.27. The lowest BCUT2D eigenvalue weighted by molar-refractivity contribution is 0.0712. The summed E-state index contributed by atoms with van der Waals surface area (Å²) in [4.78, 5) is 47.6. The van der Waals surface area contributed by atoms with E-state index in [2.05, 4.69) is 20.8 Å². The molecule has 9 nitrogen and oxygen atoms in total. The summed E-state index contributed by atoms with van der Waals surface area (Å²) in [7, 11) is 0. The lowest BCUT2D eigenvalue weighted by Crippen LogP contribution is -2.41. The highest BCUT2D eigenvalue weighted by Gasteiger charge is 2.27. The van der Waals surface area contributed by atoms with Gasteiger partial charge in [-0.25, -0.2) is 9.97 Å². The Morgan fingerprint density at radius 2 is 1.75 bits per heavy atom. The Bertz CT molecular complexity index is 1240. The van der Waals surface area contributed by atoms with Crippen LogP contribution in [0, 0.1) is 0 Å². The molecule has 1 fully saturated rings. The maximum Gasteiger partial charge on any atom is 0.289 e. The molecule has 1 aromatic carbocycles. The molecule has 0 bridgehead atoms. The van der Waals surface area contributed by atoms with Gasteiger partial charge in [0.1, 0.15) is 16.6 Å². The number of amides is 3. The number of pyridine rings is 1. The minimum atomic E-state index is -0.512. The van der Waals surface area contributed by atoms with E-state index in [0.717, 1.165) is 23.6 Å². The average Bonchev–Trinajstić information content (AvgIpc) is 3.37. The Morgan fingerprint density at radius 3 is 2.42 bits per heavy atom. The first-order valence-electron chi connectivity index (χ1n) is 11.5. The fraction of sp³-hybridized carbons (Fsp3) is 0.320. The van der Waals surface area contributed by atoms with E-state index < -0.39 is 11.8 Å². The standard InChI is InChI=1S/C25H26ClN5O4S/c1-15(2)35-19-5-3-17(4-6-19)25(34)31-11-8-16(9-12-31)24-28-20(14-36-24)23(33)30-29-22(32)18-7-10-27-21(26)13-18/h3-7,10,13-16H,8-9,11-12H2,1-2H3,(H,29,32)(H,30,33). The van der Waals surface area contributed by atoms with Crippen molar-refractivity contribution < 1.29 is 19.1 Å². The topological polar surface area (TPSA) is 114 Å². The fourth-order valence-corrected chi connectivity index (χ4v) is 4.98. The molecule has 0 atom stereocenters. The van der Waals surface area contributed by atoms with E-state index in [1.54, 1.807) is 17.5 Å². The van der Waals surface area contributed by atoms with Crippen LogP contribution in [0.4, 0.5) is 0 Å². The summed E-state index contributed by atoms with van der Waals surface area (Å²) in [6, 6.07) is 10.1. The van der Waals surface area contributed by atoms with Crippen LogP contribution in [-0.2, 0) is 0 Å². The number of nitrogens with one attached hydrogen (secondary N) is 2. The number of carbonyl (C=O) groups excluding carboxylic acids is 3. The Kier molecular flexibility index (Phi) is 8.17. The molecule has 2 N–H and O–H groups in total. The normalized spacial score (nSPS) is 13.9. The van der Waals surface area contributed by atoms with Gasteiger partial charge in [0.15, 0.2) is 0 Å². The van der Waals surface area contributed by atoms with Crippen LogP contribution in [0.5, 0.6) is 5.75 Å². The SMILES string of the molecule is CC(C)Oc1ccc(C(=O)N2CCC(c3nc(C(=O)NNC(=O)c4ccnc(Cl)c4)cs3)CC2)cc1. The number of carbonyl (C=O) groups is 3. The van der Waals surface area contributed by atoms with Crippen molar-refractivity contribution in [2.75, 3.05) is 13.1 Å². The molecular formula is C25H26ClN5O4S. The Labute approximate surface area is 217 Å². The lowest BCUT2D eigenvalue weighted by atomic mass is 9.97. The zero-order chi connectivity index (χ0) is 25.7. The van der Waals surface area contributed by atoms with Gasteiger partial charge in [0.25, 0.3) is 17.7 Å². The van der Waals surface area contributed by atoms with Gasteiger partial charge in [-0.2, -0.15) is 0 Å². The monoisotopic (exact) mass is 527 g/mol. The number of likely N-dealkylation sites (tertiary alicyclic amines) is 1. The predicted molar refractivity (Wildman–Crippen MR) is 136 cm³/mol. The first-order chi connectivity index (χ1) is 17.3. The molecule has 2 aromatic heterocycles. The molecule has 188 valence electrons. The first-order valence-corrected chi connectivity index (χ1v) is 12.8. The number of halogens is 1. The smallest absolute Gasteiger partial charge is 0.289 e. The maximum atomic E-state index is 12.9. The van der Waals surface area contributed by atoms with E-state index in [1.165, 1.54) is 29.7 Å². The molecule has 1 aliphatic heterocycles. The number of nitrogens with zero attached hydrogens (tertiary/aromatic N) is 3. The van der Waals surface area contributed by atoms with Crippen LogP contribution in [0.1, 0.15) is 68.8 Å². The van der Waals surface area contributed by atoms with Crippen LogP contribution in [0.25, 0.3) is 0 Å². The molecule has 4 rings (SSSR count). The van der Waals surface area contributed by atoms with Crippen molar-refractivity contribution in [1.29, 1.82) is 0 Å². The number of piperidine rings is 1. The Hall–Kier alpha value is -3.50. The minimum Gasteiger partial charge on any atom is -0.491 e. The molecule has 11 heteroatoms.